The van der Waals surface area contributed by atoms with E-state index >= 15 is 0 Å². The summed E-state index contributed by atoms with van der Waals surface area (Å²) < 4.78 is 23.9. The van der Waals surface area contributed by atoms with Crippen LogP contribution in [0.1, 0.15) is 38.7 Å². The molecule has 1 fully saturated rings. The SMILES string of the molecule is C=C(Cl)/N=C1\C(=C/C)N=C(NCc2ccc(S(=O)(=O)CC)cc2)C(=O)N1C1CCC1. The molecule has 1 amide bonds. The summed E-state index contributed by atoms with van der Waals surface area (Å²) in [5.74, 6) is 0.441. The number of carbonyl (C=O) groups excluding carboxylic acids is 1. The lowest BCUT2D eigenvalue weighted by Crippen LogP contribution is -2.55. The lowest BCUT2D eigenvalue weighted by Gasteiger charge is -2.40. The average Bonchev–Trinajstić information content (AvgIpc) is 2.68. The van der Waals surface area contributed by atoms with Crippen molar-refractivity contribution in [2.45, 2.75) is 50.6 Å². The van der Waals surface area contributed by atoms with Crippen LogP contribution in [0.15, 0.2) is 62.7 Å². The molecule has 0 radical (unpaired) electrons. The quantitative estimate of drug-likeness (QED) is 0.675. The van der Waals surface area contributed by atoms with Crippen molar-refractivity contribution >= 4 is 39.0 Å². The molecule has 1 heterocycles. The first-order chi connectivity index (χ1) is 14.3. The van der Waals surface area contributed by atoms with Gasteiger partial charge in [-0.25, -0.2) is 18.4 Å². The number of sulfone groups is 1. The second-order valence-electron chi connectivity index (χ2n) is 7.11. The Morgan fingerprint density at radius 3 is 2.53 bits per heavy atom. The highest BCUT2D eigenvalue weighted by molar-refractivity contribution is 7.91. The molecule has 0 spiro atoms. The predicted octanol–water partition coefficient (Wildman–Crippen LogP) is 3.38. The Morgan fingerprint density at radius 1 is 1.37 bits per heavy atom. The zero-order valence-electron chi connectivity index (χ0n) is 17.1. The molecular weight excluding hydrogens is 424 g/mol. The molecule has 2 aliphatic rings. The maximum absolute atomic E-state index is 13.1. The second-order valence-corrected chi connectivity index (χ2v) is 9.82. The fourth-order valence-corrected chi connectivity index (χ4v) is 4.20. The molecule has 0 unspecified atom stereocenters. The van der Waals surface area contributed by atoms with Crippen LogP contribution in [0, 0.1) is 0 Å². The monoisotopic (exact) mass is 448 g/mol. The number of carbonyl (C=O) groups is 1. The second kappa shape index (κ2) is 9.14. The van der Waals surface area contributed by atoms with Crippen molar-refractivity contribution in [1.82, 2.24) is 10.2 Å². The number of amides is 1. The van der Waals surface area contributed by atoms with Gasteiger partial charge in [0.2, 0.25) is 0 Å². The predicted molar refractivity (Wildman–Crippen MR) is 119 cm³/mol. The van der Waals surface area contributed by atoms with Gasteiger partial charge in [0.05, 0.1) is 10.6 Å². The van der Waals surface area contributed by atoms with Gasteiger partial charge in [-0.1, -0.05) is 43.3 Å². The van der Waals surface area contributed by atoms with E-state index in [2.05, 4.69) is 21.9 Å². The van der Waals surface area contributed by atoms with Crippen LogP contribution in [0.25, 0.3) is 0 Å². The summed E-state index contributed by atoms with van der Waals surface area (Å²) >= 11 is 5.89. The molecule has 0 saturated heterocycles. The number of nitrogens with zero attached hydrogens (tertiary/aromatic N) is 3. The largest absolute Gasteiger partial charge is 0.361 e. The van der Waals surface area contributed by atoms with Crippen molar-refractivity contribution in [3.63, 3.8) is 0 Å². The number of hydrogen-bond acceptors (Lipinski definition) is 6. The van der Waals surface area contributed by atoms with E-state index in [0.717, 1.165) is 24.8 Å². The lowest BCUT2D eigenvalue weighted by molar-refractivity contribution is -0.123. The summed E-state index contributed by atoms with van der Waals surface area (Å²) in [6, 6.07) is 6.68. The number of rotatable bonds is 6. The van der Waals surface area contributed by atoms with E-state index in [-0.39, 0.29) is 33.6 Å². The number of nitrogens with one attached hydrogen (secondary N) is 1. The molecule has 1 N–H and O–H groups in total. The molecule has 0 atom stereocenters. The summed E-state index contributed by atoms with van der Waals surface area (Å²) in [4.78, 5) is 23.8. The van der Waals surface area contributed by atoms with Crippen molar-refractivity contribution in [3.8, 4) is 0 Å². The third kappa shape index (κ3) is 4.65. The number of hydrogen-bond donors (Lipinski definition) is 1. The van der Waals surface area contributed by atoms with Crippen molar-refractivity contribution in [2.75, 3.05) is 5.75 Å². The number of aliphatic imine (C=N–C) groups is 2. The summed E-state index contributed by atoms with van der Waals surface area (Å²) in [6.07, 6.45) is 4.64. The Kier molecular flexibility index (Phi) is 6.77. The van der Waals surface area contributed by atoms with Crippen molar-refractivity contribution in [1.29, 1.82) is 0 Å². The number of allylic oxidation sites excluding steroid dienone is 1. The number of halogens is 1. The molecule has 1 aromatic rings. The first-order valence-electron chi connectivity index (χ1n) is 9.84. The van der Waals surface area contributed by atoms with Crippen LogP contribution in [0.2, 0.25) is 0 Å². The van der Waals surface area contributed by atoms with Crippen LogP contribution in [-0.2, 0) is 21.2 Å². The Hall–Kier alpha value is -2.45. The summed E-state index contributed by atoms with van der Waals surface area (Å²) in [6.45, 7) is 7.38. The fraction of sp³-hybridized carbons (Fsp3) is 0.381. The van der Waals surface area contributed by atoms with Crippen LogP contribution in [0.5, 0.6) is 0 Å². The summed E-state index contributed by atoms with van der Waals surface area (Å²) in [5, 5.41) is 3.18. The molecule has 0 aromatic heterocycles. The zero-order chi connectivity index (χ0) is 21.9. The lowest BCUT2D eigenvalue weighted by atomic mass is 9.90. The van der Waals surface area contributed by atoms with Gasteiger partial charge >= 0.3 is 0 Å². The molecule has 160 valence electrons. The third-order valence-electron chi connectivity index (χ3n) is 5.17. The minimum atomic E-state index is -3.24. The van der Waals surface area contributed by atoms with Crippen LogP contribution < -0.4 is 5.32 Å². The van der Waals surface area contributed by atoms with Gasteiger partial charge < -0.3 is 5.32 Å². The number of amidine groups is 2. The Morgan fingerprint density at radius 2 is 2.03 bits per heavy atom. The van der Waals surface area contributed by atoms with Gasteiger partial charge in [0.15, 0.2) is 21.5 Å². The van der Waals surface area contributed by atoms with Gasteiger partial charge in [-0.05, 0) is 43.9 Å². The highest BCUT2D eigenvalue weighted by Gasteiger charge is 2.39. The highest BCUT2D eigenvalue weighted by atomic mass is 35.5. The van der Waals surface area contributed by atoms with E-state index in [0.29, 0.717) is 18.1 Å². The van der Waals surface area contributed by atoms with Gasteiger partial charge in [0.1, 0.15) is 10.9 Å². The van der Waals surface area contributed by atoms with E-state index < -0.39 is 9.84 Å². The molecule has 3 rings (SSSR count). The van der Waals surface area contributed by atoms with Crippen LogP contribution >= 0.6 is 11.6 Å². The molecule has 0 bridgehead atoms. The summed E-state index contributed by atoms with van der Waals surface area (Å²) in [5.41, 5.74) is 1.39. The Bertz CT molecular complexity index is 1040. The van der Waals surface area contributed by atoms with Crippen LogP contribution in [0.3, 0.4) is 0 Å². The van der Waals surface area contributed by atoms with Gasteiger partial charge in [-0.2, -0.15) is 0 Å². The minimum absolute atomic E-state index is 0.0532. The van der Waals surface area contributed by atoms with E-state index in [1.165, 1.54) is 0 Å². The zero-order valence-corrected chi connectivity index (χ0v) is 18.6. The Balaban J connectivity index is 1.82. The molecule has 9 heteroatoms. The van der Waals surface area contributed by atoms with Crippen molar-refractivity contribution in [2.24, 2.45) is 9.98 Å². The van der Waals surface area contributed by atoms with Gasteiger partial charge in [-0.3, -0.25) is 9.69 Å². The first kappa shape index (κ1) is 22.2. The number of benzene rings is 1. The van der Waals surface area contributed by atoms with E-state index in [9.17, 15) is 13.2 Å². The maximum Gasteiger partial charge on any atom is 0.295 e. The molecule has 1 aliphatic carbocycles. The van der Waals surface area contributed by atoms with E-state index in [1.807, 2.05) is 6.92 Å². The van der Waals surface area contributed by atoms with E-state index in [4.69, 9.17) is 11.6 Å². The van der Waals surface area contributed by atoms with E-state index in [1.54, 1.807) is 42.2 Å². The molecule has 1 aliphatic heterocycles. The molecule has 7 nitrogen and oxygen atoms in total. The maximum atomic E-state index is 13.1. The minimum Gasteiger partial charge on any atom is -0.361 e. The van der Waals surface area contributed by atoms with Crippen LogP contribution in [-0.4, -0.2) is 42.7 Å². The smallest absolute Gasteiger partial charge is 0.295 e. The molecular formula is C21H25ClN4O3S. The standard InChI is InChI=1S/C21H25ClN4O3S/c1-4-18-20(24-14(3)22)26(16-7-6-8-16)21(27)19(25-18)23-13-15-9-11-17(12-10-15)30(28,29)5-2/h4,9-12,16H,3,5-8,13H2,1-2H3,(H,23,25)/b18-4+,24-20+. The average molecular weight is 449 g/mol. The van der Waals surface area contributed by atoms with Crippen molar-refractivity contribution in [3.05, 3.63) is 53.3 Å². The molecule has 30 heavy (non-hydrogen) atoms. The molecule has 1 aromatic carbocycles. The normalized spacial score (nSPS) is 20.3. The fourth-order valence-electron chi connectivity index (χ4n) is 3.24. The van der Waals surface area contributed by atoms with Crippen molar-refractivity contribution < 1.29 is 13.2 Å². The van der Waals surface area contributed by atoms with Gasteiger partial charge in [0.25, 0.3) is 5.91 Å². The third-order valence-corrected chi connectivity index (χ3v) is 7.01. The highest BCUT2D eigenvalue weighted by Crippen LogP contribution is 2.29. The first-order valence-corrected chi connectivity index (χ1v) is 11.9. The molecule has 1 saturated carbocycles. The van der Waals surface area contributed by atoms with Gasteiger partial charge in [0, 0.05) is 12.6 Å². The summed E-state index contributed by atoms with van der Waals surface area (Å²) in [7, 11) is -3.24. The van der Waals surface area contributed by atoms with Gasteiger partial charge in [-0.15, -0.1) is 0 Å². The van der Waals surface area contributed by atoms with Crippen LogP contribution in [0.4, 0.5) is 0 Å². The Labute approximate surface area is 182 Å². The topological polar surface area (TPSA) is 91.2 Å².